The maximum Gasteiger partial charge on any atom is 0.134 e. The molecule has 0 saturated heterocycles. The van der Waals surface area contributed by atoms with Gasteiger partial charge in [-0.3, -0.25) is 0 Å². The third-order valence-electron chi connectivity index (χ3n) is 2.09. The minimum Gasteiger partial charge on any atom is -0.196 e. The smallest absolute Gasteiger partial charge is 0.134 e. The number of nitriles is 1. The maximum absolute atomic E-state index is 8.86. The van der Waals surface area contributed by atoms with Crippen LogP contribution in [0.2, 0.25) is 0 Å². The Labute approximate surface area is 84.0 Å². The molecular weight excluding hydrogens is 182 g/mol. The predicted octanol–water partition coefficient (Wildman–Crippen LogP) is 3.14. The number of rotatable bonds is 3. The van der Waals surface area contributed by atoms with E-state index >= 15 is 0 Å². The monoisotopic (exact) mass is 193 g/mol. The van der Waals surface area contributed by atoms with E-state index in [1.54, 1.807) is 0 Å². The average molecular weight is 194 g/mol. The molecule has 1 aromatic rings. The number of benzene rings is 1. The predicted molar refractivity (Wildman–Crippen MR) is 54.6 cm³/mol. The van der Waals surface area contributed by atoms with Gasteiger partial charge < -0.3 is 0 Å². The summed E-state index contributed by atoms with van der Waals surface area (Å²) in [5.41, 5.74) is 1.11. The SMILES string of the molecule is CCC(Cl)(C#N)Cc1ccccc1. The van der Waals surface area contributed by atoms with Crippen LogP contribution in [0.4, 0.5) is 0 Å². The Hall–Kier alpha value is -1.00. The van der Waals surface area contributed by atoms with E-state index in [1.165, 1.54) is 0 Å². The number of alkyl halides is 1. The van der Waals surface area contributed by atoms with Gasteiger partial charge in [-0.05, 0) is 12.0 Å². The maximum atomic E-state index is 8.86. The van der Waals surface area contributed by atoms with Gasteiger partial charge in [-0.15, -0.1) is 11.6 Å². The van der Waals surface area contributed by atoms with Crippen LogP contribution in [0.5, 0.6) is 0 Å². The molecule has 1 unspecified atom stereocenters. The first kappa shape index (κ1) is 10.1. The van der Waals surface area contributed by atoms with Gasteiger partial charge in [0.15, 0.2) is 0 Å². The van der Waals surface area contributed by atoms with Crippen molar-refractivity contribution in [2.45, 2.75) is 24.6 Å². The average Bonchev–Trinajstić information content (AvgIpc) is 2.19. The summed E-state index contributed by atoms with van der Waals surface area (Å²) in [7, 11) is 0. The Bertz CT molecular complexity index is 302. The minimum absolute atomic E-state index is 0.613. The van der Waals surface area contributed by atoms with Gasteiger partial charge in [0.2, 0.25) is 0 Å². The van der Waals surface area contributed by atoms with Crippen LogP contribution >= 0.6 is 11.6 Å². The summed E-state index contributed by atoms with van der Waals surface area (Å²) in [6.45, 7) is 1.93. The fourth-order valence-corrected chi connectivity index (χ4v) is 1.32. The highest BCUT2D eigenvalue weighted by Crippen LogP contribution is 2.23. The first-order chi connectivity index (χ1) is 6.20. The van der Waals surface area contributed by atoms with Crippen molar-refractivity contribution in [3.63, 3.8) is 0 Å². The third-order valence-corrected chi connectivity index (χ3v) is 2.57. The molecule has 1 nitrogen and oxygen atoms in total. The van der Waals surface area contributed by atoms with Gasteiger partial charge >= 0.3 is 0 Å². The zero-order chi connectivity index (χ0) is 9.73. The largest absolute Gasteiger partial charge is 0.196 e. The molecule has 0 aliphatic rings. The van der Waals surface area contributed by atoms with E-state index in [1.807, 2.05) is 37.3 Å². The number of hydrogen-bond donors (Lipinski definition) is 0. The van der Waals surface area contributed by atoms with Gasteiger partial charge in [0.05, 0.1) is 6.07 Å². The summed E-state index contributed by atoms with van der Waals surface area (Å²) in [4.78, 5) is -0.735. The summed E-state index contributed by atoms with van der Waals surface area (Å²) < 4.78 is 0. The lowest BCUT2D eigenvalue weighted by Gasteiger charge is -2.16. The topological polar surface area (TPSA) is 23.8 Å². The van der Waals surface area contributed by atoms with Gasteiger partial charge in [-0.25, -0.2) is 0 Å². The quantitative estimate of drug-likeness (QED) is 0.677. The van der Waals surface area contributed by atoms with Crippen LogP contribution in [0.15, 0.2) is 30.3 Å². The van der Waals surface area contributed by atoms with Gasteiger partial charge in [0.25, 0.3) is 0 Å². The van der Waals surface area contributed by atoms with E-state index in [-0.39, 0.29) is 0 Å². The molecule has 0 aliphatic heterocycles. The van der Waals surface area contributed by atoms with Crippen LogP contribution in [0.25, 0.3) is 0 Å². The van der Waals surface area contributed by atoms with E-state index in [0.717, 1.165) is 5.56 Å². The molecule has 0 amide bonds. The molecule has 0 fully saturated rings. The molecule has 0 bridgehead atoms. The number of halogens is 1. The van der Waals surface area contributed by atoms with Gasteiger partial charge in [0.1, 0.15) is 4.87 Å². The molecule has 68 valence electrons. The Kier molecular flexibility index (Phi) is 3.33. The molecule has 13 heavy (non-hydrogen) atoms. The summed E-state index contributed by atoms with van der Waals surface area (Å²) in [6.07, 6.45) is 1.28. The fraction of sp³-hybridized carbons (Fsp3) is 0.364. The van der Waals surface area contributed by atoms with Crippen LogP contribution in [-0.2, 0) is 6.42 Å². The fourth-order valence-electron chi connectivity index (χ4n) is 1.16. The van der Waals surface area contributed by atoms with Crippen molar-refractivity contribution >= 4 is 11.6 Å². The van der Waals surface area contributed by atoms with Crippen LogP contribution in [-0.4, -0.2) is 4.87 Å². The molecule has 0 saturated carbocycles. The van der Waals surface area contributed by atoms with Crippen LogP contribution < -0.4 is 0 Å². The van der Waals surface area contributed by atoms with Crippen molar-refractivity contribution < 1.29 is 0 Å². The number of hydrogen-bond acceptors (Lipinski definition) is 1. The third kappa shape index (κ3) is 2.75. The standard InChI is InChI=1S/C11H12ClN/c1-2-11(12,9-13)8-10-6-4-3-5-7-10/h3-7H,2,8H2,1H3. The van der Waals surface area contributed by atoms with Gasteiger partial charge in [0, 0.05) is 6.42 Å². The molecule has 0 heterocycles. The summed E-state index contributed by atoms with van der Waals surface area (Å²) in [6, 6.07) is 12.0. The molecule has 0 radical (unpaired) electrons. The molecule has 0 spiro atoms. The van der Waals surface area contributed by atoms with Crippen molar-refractivity contribution in [1.82, 2.24) is 0 Å². The van der Waals surface area contributed by atoms with E-state index in [9.17, 15) is 0 Å². The molecule has 0 N–H and O–H groups in total. The highest BCUT2D eigenvalue weighted by Gasteiger charge is 2.24. The molecule has 1 rings (SSSR count). The summed E-state index contributed by atoms with van der Waals surface area (Å²) in [5.74, 6) is 0. The Balaban J connectivity index is 2.75. The second kappa shape index (κ2) is 4.30. The van der Waals surface area contributed by atoms with E-state index < -0.39 is 4.87 Å². The first-order valence-corrected chi connectivity index (χ1v) is 4.72. The lowest BCUT2D eigenvalue weighted by molar-refractivity contribution is 0.679. The lowest BCUT2D eigenvalue weighted by Crippen LogP contribution is -2.20. The van der Waals surface area contributed by atoms with Gasteiger partial charge in [-0.1, -0.05) is 37.3 Å². The van der Waals surface area contributed by atoms with E-state index in [4.69, 9.17) is 16.9 Å². The van der Waals surface area contributed by atoms with Gasteiger partial charge in [-0.2, -0.15) is 5.26 Å². The van der Waals surface area contributed by atoms with E-state index in [2.05, 4.69) is 6.07 Å². The lowest BCUT2D eigenvalue weighted by atomic mass is 9.97. The Morgan fingerprint density at radius 3 is 2.46 bits per heavy atom. The molecule has 1 aromatic carbocycles. The summed E-state index contributed by atoms with van der Waals surface area (Å²) >= 11 is 6.08. The second-order valence-corrected chi connectivity index (χ2v) is 3.82. The Morgan fingerprint density at radius 1 is 1.38 bits per heavy atom. The highest BCUT2D eigenvalue weighted by molar-refractivity contribution is 6.25. The van der Waals surface area contributed by atoms with Crippen molar-refractivity contribution in [2.24, 2.45) is 0 Å². The first-order valence-electron chi connectivity index (χ1n) is 4.34. The van der Waals surface area contributed by atoms with Crippen molar-refractivity contribution in [3.8, 4) is 6.07 Å². The number of nitrogens with zero attached hydrogens (tertiary/aromatic N) is 1. The van der Waals surface area contributed by atoms with Crippen LogP contribution in [0.1, 0.15) is 18.9 Å². The molecule has 0 aromatic heterocycles. The second-order valence-electron chi connectivity index (χ2n) is 3.09. The normalized spacial score (nSPS) is 14.5. The van der Waals surface area contributed by atoms with Crippen molar-refractivity contribution in [3.05, 3.63) is 35.9 Å². The van der Waals surface area contributed by atoms with Crippen LogP contribution in [0, 0.1) is 11.3 Å². The highest BCUT2D eigenvalue weighted by atomic mass is 35.5. The molecule has 2 heteroatoms. The summed E-state index contributed by atoms with van der Waals surface area (Å²) in [5, 5.41) is 8.86. The molecule has 0 aliphatic carbocycles. The zero-order valence-corrected chi connectivity index (χ0v) is 8.38. The van der Waals surface area contributed by atoms with Crippen LogP contribution in [0.3, 0.4) is 0 Å². The van der Waals surface area contributed by atoms with Crippen molar-refractivity contribution in [1.29, 1.82) is 5.26 Å². The minimum atomic E-state index is -0.735. The Morgan fingerprint density at radius 2 is 2.00 bits per heavy atom. The molecule has 1 atom stereocenters. The van der Waals surface area contributed by atoms with E-state index in [0.29, 0.717) is 12.8 Å². The zero-order valence-electron chi connectivity index (χ0n) is 7.63. The van der Waals surface area contributed by atoms with Crippen molar-refractivity contribution in [2.75, 3.05) is 0 Å². The molecular formula is C11H12ClN.